The number of unbranched alkanes of at least 4 members (excludes halogenated alkanes) is 3. The van der Waals surface area contributed by atoms with Crippen molar-refractivity contribution in [3.63, 3.8) is 0 Å². The molecular weight excluding hydrogens is 470 g/mol. The number of aromatic nitrogens is 3. The van der Waals surface area contributed by atoms with Crippen LogP contribution < -0.4 is 15.4 Å². The van der Waals surface area contributed by atoms with Gasteiger partial charge in [-0.25, -0.2) is 4.68 Å². The number of ether oxygens (including phenoxy) is 1. The quantitative estimate of drug-likeness (QED) is 0.338. The Morgan fingerprint density at radius 3 is 2.54 bits per heavy atom. The number of halogens is 4. The van der Waals surface area contributed by atoms with Gasteiger partial charge in [0.15, 0.2) is 5.69 Å². The van der Waals surface area contributed by atoms with Gasteiger partial charge in [-0.3, -0.25) is 14.0 Å². The van der Waals surface area contributed by atoms with Crippen LogP contribution in [0.5, 0.6) is 5.75 Å². The summed E-state index contributed by atoms with van der Waals surface area (Å²) in [5, 5.41) is 12.7. The van der Waals surface area contributed by atoms with E-state index >= 15 is 0 Å². The van der Waals surface area contributed by atoms with Gasteiger partial charge in [-0.1, -0.05) is 24.5 Å². The van der Waals surface area contributed by atoms with Gasteiger partial charge >= 0.3 is 6.18 Å². The van der Waals surface area contributed by atoms with Crippen molar-refractivity contribution in [1.82, 2.24) is 25.6 Å². The number of carbonyl (C=O) groups is 2. The SMILES string of the molecule is O=C(NCC(F)(F)F)c1ccc(-n2cc(C(=O)NC3CCCC3)nn2)c(OCCCCCCF)c1. The van der Waals surface area contributed by atoms with Crippen molar-refractivity contribution in [1.29, 1.82) is 0 Å². The van der Waals surface area contributed by atoms with Gasteiger partial charge in [0.1, 0.15) is 18.0 Å². The molecule has 3 rings (SSSR count). The molecule has 12 heteroatoms. The lowest BCUT2D eigenvalue weighted by Crippen LogP contribution is -2.33. The van der Waals surface area contributed by atoms with Gasteiger partial charge in [-0.15, -0.1) is 5.10 Å². The standard InChI is InChI=1S/C23H29F4N5O3/c24-11-5-1-2-6-12-35-20-13-16(21(33)28-15-23(25,26)27)9-10-19(20)32-14-18(30-31-32)22(34)29-17-7-3-4-8-17/h9-10,13-14,17H,1-8,11-12,15H2,(H,28,33)(H,29,34). The topological polar surface area (TPSA) is 98.1 Å². The van der Waals surface area contributed by atoms with E-state index < -0.39 is 18.6 Å². The van der Waals surface area contributed by atoms with Crippen LogP contribution in [0.15, 0.2) is 24.4 Å². The number of hydrogen-bond donors (Lipinski definition) is 2. The van der Waals surface area contributed by atoms with Gasteiger partial charge in [0.05, 0.1) is 19.5 Å². The van der Waals surface area contributed by atoms with E-state index in [-0.39, 0.29) is 42.2 Å². The Hall–Kier alpha value is -3.18. The number of hydrogen-bond acceptors (Lipinski definition) is 5. The minimum absolute atomic E-state index is 0.0234. The molecule has 1 heterocycles. The van der Waals surface area contributed by atoms with E-state index in [0.717, 1.165) is 32.1 Å². The second kappa shape index (κ2) is 12.5. The molecule has 35 heavy (non-hydrogen) atoms. The summed E-state index contributed by atoms with van der Waals surface area (Å²) >= 11 is 0. The Kier molecular flexibility index (Phi) is 9.44. The van der Waals surface area contributed by atoms with Gasteiger partial charge in [-0.05, 0) is 50.3 Å². The highest BCUT2D eigenvalue weighted by Crippen LogP contribution is 2.25. The molecular formula is C23H29F4N5O3. The third kappa shape index (κ3) is 8.22. The average Bonchev–Trinajstić information content (AvgIpc) is 3.51. The zero-order valence-corrected chi connectivity index (χ0v) is 19.2. The van der Waals surface area contributed by atoms with Crippen molar-refractivity contribution in [2.24, 2.45) is 0 Å². The first-order valence-electron chi connectivity index (χ1n) is 11.7. The average molecular weight is 500 g/mol. The van der Waals surface area contributed by atoms with E-state index in [0.29, 0.717) is 24.9 Å². The van der Waals surface area contributed by atoms with E-state index in [1.165, 1.54) is 29.1 Å². The van der Waals surface area contributed by atoms with Crippen LogP contribution in [0.3, 0.4) is 0 Å². The summed E-state index contributed by atoms with van der Waals surface area (Å²) in [6.45, 7) is -1.60. The molecule has 0 radical (unpaired) electrons. The summed E-state index contributed by atoms with van der Waals surface area (Å²) in [6.07, 6.45) is 3.38. The maximum Gasteiger partial charge on any atom is 0.405 e. The lowest BCUT2D eigenvalue weighted by Gasteiger charge is -2.14. The van der Waals surface area contributed by atoms with Crippen LogP contribution >= 0.6 is 0 Å². The molecule has 1 aromatic carbocycles. The minimum atomic E-state index is -4.54. The number of nitrogens with zero attached hydrogens (tertiary/aromatic N) is 3. The molecule has 192 valence electrons. The number of carbonyl (C=O) groups excluding carboxylic acids is 2. The summed E-state index contributed by atoms with van der Waals surface area (Å²) < 4.78 is 56.8. The van der Waals surface area contributed by atoms with Crippen LogP contribution in [0.2, 0.25) is 0 Å². The number of benzene rings is 1. The van der Waals surface area contributed by atoms with Crippen molar-refractivity contribution in [3.05, 3.63) is 35.7 Å². The predicted octanol–water partition coefficient (Wildman–Crippen LogP) is 4.14. The first-order chi connectivity index (χ1) is 16.8. The fourth-order valence-electron chi connectivity index (χ4n) is 3.79. The first-order valence-corrected chi connectivity index (χ1v) is 11.7. The summed E-state index contributed by atoms with van der Waals surface area (Å²) in [4.78, 5) is 24.7. The monoisotopic (exact) mass is 499 g/mol. The normalized spacial score (nSPS) is 14.2. The maximum atomic E-state index is 12.5. The molecule has 0 spiro atoms. The van der Waals surface area contributed by atoms with Crippen molar-refractivity contribution < 1.29 is 31.9 Å². The second-order valence-electron chi connectivity index (χ2n) is 8.44. The van der Waals surface area contributed by atoms with E-state index in [1.54, 1.807) is 0 Å². The lowest BCUT2D eigenvalue weighted by molar-refractivity contribution is -0.123. The third-order valence-corrected chi connectivity index (χ3v) is 5.62. The van der Waals surface area contributed by atoms with Crippen LogP contribution in [-0.4, -0.2) is 58.9 Å². The smallest absolute Gasteiger partial charge is 0.405 e. The molecule has 8 nitrogen and oxygen atoms in total. The van der Waals surface area contributed by atoms with Gasteiger partial charge in [-0.2, -0.15) is 13.2 Å². The first kappa shape index (κ1) is 26.4. The molecule has 1 aliphatic carbocycles. The van der Waals surface area contributed by atoms with Gasteiger partial charge in [0.2, 0.25) is 0 Å². The molecule has 1 aliphatic rings. The molecule has 0 saturated heterocycles. The third-order valence-electron chi connectivity index (χ3n) is 5.62. The van der Waals surface area contributed by atoms with E-state index in [2.05, 4.69) is 15.6 Å². The van der Waals surface area contributed by atoms with Crippen LogP contribution in [0.1, 0.15) is 72.2 Å². The fourth-order valence-corrected chi connectivity index (χ4v) is 3.79. The van der Waals surface area contributed by atoms with Crippen molar-refractivity contribution >= 4 is 11.8 Å². The maximum absolute atomic E-state index is 12.5. The van der Waals surface area contributed by atoms with Gasteiger partial charge in [0.25, 0.3) is 11.8 Å². The Morgan fingerprint density at radius 2 is 1.83 bits per heavy atom. The van der Waals surface area contributed by atoms with Gasteiger partial charge < -0.3 is 15.4 Å². The number of rotatable bonds is 12. The minimum Gasteiger partial charge on any atom is -0.491 e. The molecule has 2 amide bonds. The number of alkyl halides is 4. The highest BCUT2D eigenvalue weighted by atomic mass is 19.4. The van der Waals surface area contributed by atoms with Crippen molar-refractivity contribution in [3.8, 4) is 11.4 Å². The highest BCUT2D eigenvalue weighted by Gasteiger charge is 2.28. The summed E-state index contributed by atoms with van der Waals surface area (Å²) in [5.74, 6) is -1.05. The predicted molar refractivity (Wildman–Crippen MR) is 119 cm³/mol. The molecule has 0 atom stereocenters. The van der Waals surface area contributed by atoms with Crippen molar-refractivity contribution in [2.45, 2.75) is 63.6 Å². The Labute approximate surface area is 200 Å². The molecule has 2 aromatic rings. The molecule has 0 unspecified atom stereocenters. The van der Waals surface area contributed by atoms with E-state index in [4.69, 9.17) is 4.74 Å². The number of amides is 2. The Balaban J connectivity index is 1.75. The molecule has 1 aromatic heterocycles. The molecule has 1 saturated carbocycles. The number of nitrogens with one attached hydrogen (secondary N) is 2. The van der Waals surface area contributed by atoms with Crippen molar-refractivity contribution in [2.75, 3.05) is 19.8 Å². The summed E-state index contributed by atoms with van der Waals surface area (Å²) in [5.41, 5.74) is 0.458. The van der Waals surface area contributed by atoms with Gasteiger partial charge in [0, 0.05) is 11.6 Å². The Bertz CT molecular complexity index is 990. The van der Waals surface area contributed by atoms with Crippen LogP contribution in [-0.2, 0) is 0 Å². The highest BCUT2D eigenvalue weighted by molar-refractivity contribution is 5.95. The zero-order chi connectivity index (χ0) is 25.3. The molecule has 1 fully saturated rings. The Morgan fingerprint density at radius 1 is 1.09 bits per heavy atom. The van der Waals surface area contributed by atoms with E-state index in [9.17, 15) is 27.2 Å². The van der Waals surface area contributed by atoms with E-state index in [1.807, 2.05) is 5.32 Å². The second-order valence-corrected chi connectivity index (χ2v) is 8.44. The molecule has 0 aliphatic heterocycles. The van der Waals surface area contributed by atoms with Crippen LogP contribution in [0.25, 0.3) is 5.69 Å². The molecule has 2 N–H and O–H groups in total. The largest absolute Gasteiger partial charge is 0.491 e. The van der Waals surface area contributed by atoms with Crippen LogP contribution in [0, 0.1) is 0 Å². The van der Waals surface area contributed by atoms with Crippen LogP contribution in [0.4, 0.5) is 17.6 Å². The fraction of sp³-hybridized carbons (Fsp3) is 0.565. The zero-order valence-electron chi connectivity index (χ0n) is 19.2. The lowest BCUT2D eigenvalue weighted by atomic mass is 10.1. The molecule has 0 bridgehead atoms. The summed E-state index contributed by atoms with van der Waals surface area (Å²) in [6, 6.07) is 4.24. The summed E-state index contributed by atoms with van der Waals surface area (Å²) in [7, 11) is 0.